The van der Waals surface area contributed by atoms with E-state index in [0.717, 1.165) is 18.3 Å². The number of carbonyl (C=O) groups is 1. The quantitative estimate of drug-likeness (QED) is 0.464. The Bertz CT molecular complexity index is 185. The van der Waals surface area contributed by atoms with E-state index in [2.05, 4.69) is 13.8 Å². The van der Waals surface area contributed by atoms with Crippen molar-refractivity contribution in [1.82, 2.24) is 0 Å². The summed E-state index contributed by atoms with van der Waals surface area (Å²) in [5.41, 5.74) is 0.788. The van der Waals surface area contributed by atoms with Crippen LogP contribution in [-0.4, -0.2) is 19.5 Å². The van der Waals surface area contributed by atoms with Crippen LogP contribution in [0.25, 0.3) is 0 Å². The molecule has 0 aromatic carbocycles. The molecule has 0 saturated carbocycles. The zero-order valence-corrected chi connectivity index (χ0v) is 9.75. The summed E-state index contributed by atoms with van der Waals surface area (Å²) >= 11 is 0. The topological polar surface area (TPSA) is 26.3 Å². The number of carbonyl (C=O) groups excluding carboxylic acids is 1. The van der Waals surface area contributed by atoms with E-state index < -0.39 is 0 Å². The molecule has 14 heavy (non-hydrogen) atoms. The first kappa shape index (κ1) is 13.4. The summed E-state index contributed by atoms with van der Waals surface area (Å²) in [4.78, 5) is 10.4. The number of aldehydes is 1. The van der Waals surface area contributed by atoms with Crippen LogP contribution in [0.1, 0.15) is 40.0 Å². The maximum absolute atomic E-state index is 10.4. The Morgan fingerprint density at radius 2 is 2.14 bits per heavy atom. The first-order valence-electron chi connectivity index (χ1n) is 5.30. The fraction of sp³-hybridized carbons (Fsp3) is 0.750. The number of ether oxygens (including phenoxy) is 1. The van der Waals surface area contributed by atoms with Crippen molar-refractivity contribution in [2.24, 2.45) is 5.92 Å². The van der Waals surface area contributed by atoms with E-state index in [1.807, 2.05) is 13.0 Å². The molecule has 0 aliphatic heterocycles. The van der Waals surface area contributed by atoms with Gasteiger partial charge in [0.25, 0.3) is 0 Å². The molecule has 0 spiro atoms. The highest BCUT2D eigenvalue weighted by Gasteiger charge is 2.14. The van der Waals surface area contributed by atoms with Gasteiger partial charge >= 0.3 is 0 Å². The highest BCUT2D eigenvalue weighted by Crippen LogP contribution is 2.17. The predicted molar refractivity (Wildman–Crippen MR) is 59.3 cm³/mol. The maximum atomic E-state index is 10.4. The second-order valence-corrected chi connectivity index (χ2v) is 3.84. The molecule has 0 amide bonds. The van der Waals surface area contributed by atoms with Gasteiger partial charge in [-0.3, -0.25) is 4.79 Å². The molecule has 0 fully saturated rings. The second-order valence-electron chi connectivity index (χ2n) is 3.84. The maximum Gasteiger partial charge on any atom is 0.145 e. The first-order chi connectivity index (χ1) is 6.65. The first-order valence-corrected chi connectivity index (χ1v) is 5.30. The van der Waals surface area contributed by atoms with Crippen LogP contribution in [0.4, 0.5) is 0 Å². The van der Waals surface area contributed by atoms with Gasteiger partial charge in [-0.15, -0.1) is 0 Å². The Hall–Kier alpha value is -0.630. The molecule has 0 radical (unpaired) electrons. The van der Waals surface area contributed by atoms with E-state index in [9.17, 15) is 4.79 Å². The van der Waals surface area contributed by atoms with E-state index >= 15 is 0 Å². The molecule has 0 aliphatic rings. The average Bonchev–Trinajstić information content (AvgIpc) is 2.18. The van der Waals surface area contributed by atoms with Gasteiger partial charge in [0.1, 0.15) is 6.29 Å². The molecule has 2 atom stereocenters. The van der Waals surface area contributed by atoms with Gasteiger partial charge < -0.3 is 4.74 Å². The Kier molecular flexibility index (Phi) is 7.40. The lowest BCUT2D eigenvalue weighted by Crippen LogP contribution is -2.19. The van der Waals surface area contributed by atoms with Gasteiger partial charge in [0.05, 0.1) is 6.10 Å². The summed E-state index contributed by atoms with van der Waals surface area (Å²) in [7, 11) is 1.74. The van der Waals surface area contributed by atoms with Crippen LogP contribution >= 0.6 is 0 Å². The highest BCUT2D eigenvalue weighted by molar-refractivity contribution is 5.71. The van der Waals surface area contributed by atoms with Gasteiger partial charge in [-0.1, -0.05) is 26.3 Å². The number of hydrogen-bond donors (Lipinski definition) is 0. The average molecular weight is 198 g/mol. The zero-order chi connectivity index (χ0) is 11.0. The molecule has 82 valence electrons. The van der Waals surface area contributed by atoms with Crippen molar-refractivity contribution in [1.29, 1.82) is 0 Å². The molecule has 0 aromatic rings. The SMILES string of the molecule is CCCC(C)C(C/C=C(\C)C=O)OC. The van der Waals surface area contributed by atoms with Crippen molar-refractivity contribution in [3.05, 3.63) is 11.6 Å². The summed E-state index contributed by atoms with van der Waals surface area (Å²) in [6.07, 6.45) is 6.27. The molecular formula is C12H22O2. The van der Waals surface area contributed by atoms with Crippen LogP contribution in [-0.2, 0) is 9.53 Å². The summed E-state index contributed by atoms with van der Waals surface area (Å²) in [6.45, 7) is 6.20. The lowest BCUT2D eigenvalue weighted by Gasteiger charge is -2.20. The third-order valence-corrected chi connectivity index (χ3v) is 2.54. The summed E-state index contributed by atoms with van der Waals surface area (Å²) in [6, 6.07) is 0. The fourth-order valence-electron chi connectivity index (χ4n) is 1.55. The lowest BCUT2D eigenvalue weighted by molar-refractivity contribution is -0.104. The van der Waals surface area contributed by atoms with Crippen LogP contribution < -0.4 is 0 Å². The molecule has 0 aromatic heterocycles. The molecule has 0 saturated heterocycles. The molecule has 2 unspecified atom stereocenters. The Labute approximate surface area is 87.3 Å². The third-order valence-electron chi connectivity index (χ3n) is 2.54. The normalized spacial score (nSPS) is 16.4. The number of rotatable bonds is 7. The zero-order valence-electron chi connectivity index (χ0n) is 9.75. The van der Waals surface area contributed by atoms with Gasteiger partial charge in [-0.05, 0) is 31.3 Å². The Morgan fingerprint density at radius 1 is 1.50 bits per heavy atom. The minimum atomic E-state index is 0.241. The molecular weight excluding hydrogens is 176 g/mol. The predicted octanol–water partition coefficient (Wildman–Crippen LogP) is 2.97. The van der Waals surface area contributed by atoms with Crippen LogP contribution in [0.2, 0.25) is 0 Å². The lowest BCUT2D eigenvalue weighted by atomic mass is 9.96. The van der Waals surface area contributed by atoms with E-state index in [1.165, 1.54) is 12.8 Å². The molecule has 2 heteroatoms. The van der Waals surface area contributed by atoms with E-state index in [4.69, 9.17) is 4.74 Å². The van der Waals surface area contributed by atoms with Crippen LogP contribution in [0, 0.1) is 5.92 Å². The van der Waals surface area contributed by atoms with Gasteiger partial charge in [-0.25, -0.2) is 0 Å². The van der Waals surface area contributed by atoms with Crippen molar-refractivity contribution < 1.29 is 9.53 Å². The van der Waals surface area contributed by atoms with E-state index in [-0.39, 0.29) is 6.10 Å². The van der Waals surface area contributed by atoms with Gasteiger partial charge in [0.2, 0.25) is 0 Å². The fourth-order valence-corrected chi connectivity index (χ4v) is 1.55. The van der Waals surface area contributed by atoms with Gasteiger partial charge in [-0.2, -0.15) is 0 Å². The molecule has 0 N–H and O–H groups in total. The summed E-state index contributed by atoms with van der Waals surface area (Å²) < 4.78 is 5.40. The number of allylic oxidation sites excluding steroid dienone is 1. The Balaban J connectivity index is 4.07. The van der Waals surface area contributed by atoms with Crippen molar-refractivity contribution in [3.63, 3.8) is 0 Å². The standard InChI is InChI=1S/C12H22O2/c1-5-6-11(3)12(14-4)8-7-10(2)9-13/h7,9,11-12H,5-6,8H2,1-4H3/b10-7+. The third kappa shape index (κ3) is 5.18. The van der Waals surface area contributed by atoms with Crippen molar-refractivity contribution in [2.45, 2.75) is 46.1 Å². The number of hydrogen-bond acceptors (Lipinski definition) is 2. The molecule has 0 rings (SSSR count). The van der Waals surface area contributed by atoms with Gasteiger partial charge in [0.15, 0.2) is 0 Å². The second kappa shape index (κ2) is 7.74. The van der Waals surface area contributed by atoms with Crippen molar-refractivity contribution in [2.75, 3.05) is 7.11 Å². The Morgan fingerprint density at radius 3 is 2.57 bits per heavy atom. The molecule has 0 bridgehead atoms. The van der Waals surface area contributed by atoms with Crippen LogP contribution in [0.3, 0.4) is 0 Å². The summed E-state index contributed by atoms with van der Waals surface area (Å²) in [5.74, 6) is 0.556. The van der Waals surface area contributed by atoms with Crippen molar-refractivity contribution in [3.8, 4) is 0 Å². The molecule has 0 aliphatic carbocycles. The van der Waals surface area contributed by atoms with Crippen molar-refractivity contribution >= 4 is 6.29 Å². The monoisotopic (exact) mass is 198 g/mol. The molecule has 2 nitrogen and oxygen atoms in total. The minimum Gasteiger partial charge on any atom is -0.381 e. The van der Waals surface area contributed by atoms with E-state index in [1.54, 1.807) is 7.11 Å². The van der Waals surface area contributed by atoms with Crippen LogP contribution in [0.15, 0.2) is 11.6 Å². The number of methoxy groups -OCH3 is 1. The summed E-state index contributed by atoms with van der Waals surface area (Å²) in [5, 5.41) is 0. The minimum absolute atomic E-state index is 0.241. The van der Waals surface area contributed by atoms with Crippen LogP contribution in [0.5, 0.6) is 0 Å². The van der Waals surface area contributed by atoms with E-state index in [0.29, 0.717) is 5.92 Å². The molecule has 0 heterocycles. The smallest absolute Gasteiger partial charge is 0.145 e. The highest BCUT2D eigenvalue weighted by atomic mass is 16.5. The largest absolute Gasteiger partial charge is 0.381 e. The van der Waals surface area contributed by atoms with Gasteiger partial charge in [0, 0.05) is 7.11 Å².